The van der Waals surface area contributed by atoms with Crippen LogP contribution < -0.4 is 5.73 Å². The fourth-order valence-corrected chi connectivity index (χ4v) is 5.88. The van der Waals surface area contributed by atoms with Gasteiger partial charge in [-0.05, 0) is 74.2 Å². The Kier molecular flexibility index (Phi) is 2.95. The molecule has 4 aliphatic rings. The van der Waals surface area contributed by atoms with Gasteiger partial charge in [0.15, 0.2) is 0 Å². The van der Waals surface area contributed by atoms with E-state index in [2.05, 4.69) is 22.8 Å². The van der Waals surface area contributed by atoms with Crippen LogP contribution >= 0.6 is 0 Å². The number of nitrogens with two attached hydrogens (primary N) is 1. The molecule has 1 atom stereocenters. The first-order valence-electron chi connectivity index (χ1n) is 8.47. The van der Waals surface area contributed by atoms with E-state index in [4.69, 9.17) is 5.73 Å². The summed E-state index contributed by atoms with van der Waals surface area (Å²) in [5.41, 5.74) is 8.48. The maximum absolute atomic E-state index is 6.81. The largest absolute Gasteiger partial charge is 0.322 e. The van der Waals surface area contributed by atoms with E-state index in [0.717, 1.165) is 30.7 Å². The summed E-state index contributed by atoms with van der Waals surface area (Å²) in [4.78, 5) is 0. The van der Waals surface area contributed by atoms with Gasteiger partial charge in [0, 0.05) is 12.7 Å². The molecular formula is C17H27N3. The summed E-state index contributed by atoms with van der Waals surface area (Å²) in [7, 11) is 0. The molecule has 1 aromatic rings. The molecule has 1 heterocycles. The third-order valence-electron chi connectivity index (χ3n) is 6.25. The molecule has 4 aliphatic carbocycles. The highest BCUT2D eigenvalue weighted by Gasteiger charge is 2.54. The van der Waals surface area contributed by atoms with Crippen LogP contribution in [0.1, 0.15) is 63.6 Å². The van der Waals surface area contributed by atoms with Crippen molar-refractivity contribution < 1.29 is 0 Å². The number of rotatable bonds is 4. The molecule has 2 N–H and O–H groups in total. The van der Waals surface area contributed by atoms with Gasteiger partial charge in [0.25, 0.3) is 0 Å². The van der Waals surface area contributed by atoms with Crippen LogP contribution in [-0.2, 0) is 6.54 Å². The van der Waals surface area contributed by atoms with E-state index in [1.54, 1.807) is 0 Å². The molecule has 0 amide bonds. The predicted octanol–water partition coefficient (Wildman–Crippen LogP) is 3.51. The van der Waals surface area contributed by atoms with Gasteiger partial charge < -0.3 is 5.73 Å². The van der Waals surface area contributed by atoms with Crippen LogP contribution in [0, 0.1) is 23.2 Å². The number of hydrogen-bond donors (Lipinski definition) is 1. The van der Waals surface area contributed by atoms with Gasteiger partial charge >= 0.3 is 0 Å². The van der Waals surface area contributed by atoms with Gasteiger partial charge in [-0.25, -0.2) is 0 Å². The number of nitrogens with zero attached hydrogens (tertiary/aromatic N) is 2. The van der Waals surface area contributed by atoms with Gasteiger partial charge in [0.05, 0.1) is 11.7 Å². The minimum Gasteiger partial charge on any atom is -0.322 e. The summed E-state index contributed by atoms with van der Waals surface area (Å²) >= 11 is 0. The predicted molar refractivity (Wildman–Crippen MR) is 80.1 cm³/mol. The van der Waals surface area contributed by atoms with E-state index >= 15 is 0 Å². The minimum atomic E-state index is 0.199. The van der Waals surface area contributed by atoms with Crippen LogP contribution in [0.15, 0.2) is 12.3 Å². The zero-order valence-electron chi connectivity index (χ0n) is 12.6. The average Bonchev–Trinajstić information content (AvgIpc) is 2.85. The molecule has 4 fully saturated rings. The summed E-state index contributed by atoms with van der Waals surface area (Å²) in [6.45, 7) is 3.21. The smallest absolute Gasteiger partial charge is 0.0557 e. The summed E-state index contributed by atoms with van der Waals surface area (Å²) in [5, 5.41) is 4.49. The van der Waals surface area contributed by atoms with Crippen molar-refractivity contribution in [1.29, 1.82) is 0 Å². The Morgan fingerprint density at radius 1 is 1.25 bits per heavy atom. The Labute approximate surface area is 121 Å². The zero-order chi connectivity index (χ0) is 13.7. The highest BCUT2D eigenvalue weighted by Crippen LogP contribution is 2.63. The van der Waals surface area contributed by atoms with Crippen LogP contribution in [0.5, 0.6) is 0 Å². The van der Waals surface area contributed by atoms with Crippen molar-refractivity contribution >= 4 is 0 Å². The Balaban J connectivity index is 1.64. The molecule has 0 aromatic carbocycles. The van der Waals surface area contributed by atoms with Crippen molar-refractivity contribution in [2.45, 2.75) is 64.5 Å². The highest BCUT2D eigenvalue weighted by molar-refractivity contribution is 5.16. The lowest BCUT2D eigenvalue weighted by Crippen LogP contribution is -2.51. The van der Waals surface area contributed by atoms with Gasteiger partial charge in [-0.2, -0.15) is 5.10 Å². The monoisotopic (exact) mass is 273 g/mol. The van der Waals surface area contributed by atoms with Gasteiger partial charge in [0.2, 0.25) is 0 Å². The molecule has 110 valence electrons. The fourth-order valence-electron chi connectivity index (χ4n) is 5.88. The normalized spacial score (nSPS) is 40.2. The number of hydrogen-bond acceptors (Lipinski definition) is 2. The van der Waals surface area contributed by atoms with Gasteiger partial charge in [-0.15, -0.1) is 0 Å². The van der Waals surface area contributed by atoms with Crippen molar-refractivity contribution in [2.24, 2.45) is 28.9 Å². The van der Waals surface area contributed by atoms with Crippen molar-refractivity contribution in [2.75, 3.05) is 0 Å². The molecule has 3 nitrogen and oxygen atoms in total. The van der Waals surface area contributed by atoms with E-state index in [0.29, 0.717) is 5.41 Å². The molecule has 4 bridgehead atoms. The molecule has 0 saturated heterocycles. The lowest BCUT2D eigenvalue weighted by molar-refractivity contribution is -0.0691. The van der Waals surface area contributed by atoms with Crippen LogP contribution in [0.4, 0.5) is 0 Å². The molecule has 3 heteroatoms. The second-order valence-electron chi connectivity index (χ2n) is 7.74. The SMILES string of the molecule is CCCn1nccc1C(N)C12CC3CC(CC(C3)C1)C2. The highest BCUT2D eigenvalue weighted by atomic mass is 15.3. The van der Waals surface area contributed by atoms with Gasteiger partial charge in [-0.1, -0.05) is 6.92 Å². The summed E-state index contributed by atoms with van der Waals surface area (Å²) in [5.74, 6) is 2.90. The Morgan fingerprint density at radius 2 is 1.85 bits per heavy atom. The van der Waals surface area contributed by atoms with Gasteiger partial charge in [-0.3, -0.25) is 4.68 Å². The second kappa shape index (κ2) is 4.59. The first-order chi connectivity index (χ1) is 9.70. The van der Waals surface area contributed by atoms with E-state index in [1.807, 2.05) is 6.20 Å². The van der Waals surface area contributed by atoms with Crippen LogP contribution in [0.25, 0.3) is 0 Å². The second-order valence-corrected chi connectivity index (χ2v) is 7.74. The molecular weight excluding hydrogens is 246 g/mol. The number of aryl methyl sites for hydroxylation is 1. The van der Waals surface area contributed by atoms with E-state index in [1.165, 1.54) is 44.2 Å². The Bertz CT molecular complexity index is 455. The third kappa shape index (κ3) is 1.86. The maximum atomic E-state index is 6.81. The van der Waals surface area contributed by atoms with Crippen LogP contribution in [0.3, 0.4) is 0 Å². The van der Waals surface area contributed by atoms with Crippen molar-refractivity contribution in [1.82, 2.24) is 9.78 Å². The first-order valence-corrected chi connectivity index (χ1v) is 8.47. The lowest BCUT2D eigenvalue weighted by atomic mass is 9.47. The molecule has 20 heavy (non-hydrogen) atoms. The average molecular weight is 273 g/mol. The quantitative estimate of drug-likeness (QED) is 0.912. The molecule has 0 spiro atoms. The Hall–Kier alpha value is -0.830. The number of aromatic nitrogens is 2. The molecule has 1 unspecified atom stereocenters. The zero-order valence-corrected chi connectivity index (χ0v) is 12.6. The Morgan fingerprint density at radius 3 is 2.40 bits per heavy atom. The summed E-state index contributed by atoms with van der Waals surface area (Å²) in [6.07, 6.45) is 11.6. The minimum absolute atomic E-state index is 0.199. The first kappa shape index (κ1) is 12.9. The topological polar surface area (TPSA) is 43.8 Å². The van der Waals surface area contributed by atoms with E-state index in [-0.39, 0.29) is 6.04 Å². The lowest BCUT2D eigenvalue weighted by Gasteiger charge is -2.58. The maximum Gasteiger partial charge on any atom is 0.0557 e. The van der Waals surface area contributed by atoms with Crippen molar-refractivity contribution in [3.63, 3.8) is 0 Å². The van der Waals surface area contributed by atoms with E-state index < -0.39 is 0 Å². The molecule has 5 rings (SSSR count). The van der Waals surface area contributed by atoms with Gasteiger partial charge in [0.1, 0.15) is 0 Å². The van der Waals surface area contributed by atoms with E-state index in [9.17, 15) is 0 Å². The summed E-state index contributed by atoms with van der Waals surface area (Å²) < 4.78 is 2.16. The molecule has 0 radical (unpaired) electrons. The van der Waals surface area contributed by atoms with Crippen LogP contribution in [0.2, 0.25) is 0 Å². The van der Waals surface area contributed by atoms with Crippen LogP contribution in [-0.4, -0.2) is 9.78 Å². The molecule has 4 saturated carbocycles. The third-order valence-corrected chi connectivity index (χ3v) is 6.25. The molecule has 0 aliphatic heterocycles. The molecule has 1 aromatic heterocycles. The summed E-state index contributed by atoms with van der Waals surface area (Å²) in [6, 6.07) is 2.36. The van der Waals surface area contributed by atoms with Crippen molar-refractivity contribution in [3.8, 4) is 0 Å². The van der Waals surface area contributed by atoms with Crippen molar-refractivity contribution in [3.05, 3.63) is 18.0 Å². The standard InChI is InChI=1S/C17H27N3/c1-2-5-20-15(3-4-19-20)16(18)17-9-12-6-13(10-17)8-14(7-12)11-17/h3-4,12-14,16H,2,5-11,18H2,1H3. The fraction of sp³-hybridized carbons (Fsp3) is 0.824.